The monoisotopic (exact) mass is 466 g/mol. The number of amides is 1. The fraction of sp³-hybridized carbons (Fsp3) is 0.130. The van der Waals surface area contributed by atoms with Gasteiger partial charge in [0.1, 0.15) is 5.75 Å². The number of benzene rings is 2. The molecule has 7 nitrogen and oxygen atoms in total. The Kier molecular flexibility index (Phi) is 6.72. The van der Waals surface area contributed by atoms with Crippen molar-refractivity contribution in [2.24, 2.45) is 0 Å². The molecule has 4 rings (SSSR count). The number of carbonyl (C=O) groups excluding carboxylic acids is 1. The van der Waals surface area contributed by atoms with Crippen molar-refractivity contribution < 1.29 is 9.53 Å². The molecule has 0 radical (unpaired) electrons. The maximum absolute atomic E-state index is 13.2. The number of para-hydroxylation sites is 2. The highest BCUT2D eigenvalue weighted by molar-refractivity contribution is 7.99. The van der Waals surface area contributed by atoms with Crippen LogP contribution in [0.1, 0.15) is 5.56 Å². The summed E-state index contributed by atoms with van der Waals surface area (Å²) in [4.78, 5) is 34.5. The first-order valence-electron chi connectivity index (χ1n) is 9.71. The number of ether oxygens (including phenoxy) is 1. The van der Waals surface area contributed by atoms with E-state index in [0.717, 1.165) is 17.3 Å². The minimum Gasteiger partial charge on any atom is -0.495 e. The normalized spacial score (nSPS) is 10.8. The molecule has 1 amide bonds. The van der Waals surface area contributed by atoms with Gasteiger partial charge >= 0.3 is 0 Å². The van der Waals surface area contributed by atoms with Crippen LogP contribution >= 0.6 is 23.4 Å². The average molecular weight is 467 g/mol. The number of methoxy groups -OCH3 is 1. The van der Waals surface area contributed by atoms with E-state index in [-0.39, 0.29) is 23.8 Å². The molecule has 0 saturated carbocycles. The third-order valence-corrected chi connectivity index (χ3v) is 6.04. The molecule has 0 saturated heterocycles. The molecular formula is C23H19ClN4O3S. The van der Waals surface area contributed by atoms with E-state index in [1.54, 1.807) is 43.6 Å². The number of nitrogens with one attached hydrogen (secondary N) is 1. The summed E-state index contributed by atoms with van der Waals surface area (Å²) in [7, 11) is 1.54. The standard InChI is InChI=1S/C23H19ClN4O3S/c1-31-19-11-5-4-10-18(19)26-20(29)14-32-23-27-21-16(8-6-12-25-21)22(30)28(23)13-15-7-2-3-9-17(15)24/h2-12H,13-14H2,1H3,(H,26,29). The van der Waals surface area contributed by atoms with Crippen molar-refractivity contribution >= 4 is 46.0 Å². The minimum absolute atomic E-state index is 0.0470. The van der Waals surface area contributed by atoms with Gasteiger partial charge in [0.05, 0.1) is 30.5 Å². The van der Waals surface area contributed by atoms with Crippen LogP contribution in [0.5, 0.6) is 5.75 Å². The summed E-state index contributed by atoms with van der Waals surface area (Å²) < 4.78 is 6.79. The molecule has 162 valence electrons. The molecule has 2 aromatic carbocycles. The Morgan fingerprint density at radius 1 is 1.12 bits per heavy atom. The van der Waals surface area contributed by atoms with Gasteiger partial charge in [0.2, 0.25) is 5.91 Å². The fourth-order valence-corrected chi connectivity index (χ4v) is 4.13. The van der Waals surface area contributed by atoms with E-state index in [0.29, 0.717) is 32.6 Å². The molecule has 0 fully saturated rings. The number of thioether (sulfide) groups is 1. The number of rotatable bonds is 7. The van der Waals surface area contributed by atoms with Crippen LogP contribution in [0.2, 0.25) is 5.02 Å². The van der Waals surface area contributed by atoms with E-state index in [1.165, 1.54) is 4.57 Å². The Morgan fingerprint density at radius 3 is 2.72 bits per heavy atom. The molecule has 0 spiro atoms. The van der Waals surface area contributed by atoms with Gasteiger partial charge in [0, 0.05) is 11.2 Å². The third kappa shape index (κ3) is 4.76. The van der Waals surface area contributed by atoms with Gasteiger partial charge in [-0.2, -0.15) is 0 Å². The lowest BCUT2D eigenvalue weighted by Gasteiger charge is -2.14. The highest BCUT2D eigenvalue weighted by Crippen LogP contribution is 2.25. The molecule has 9 heteroatoms. The van der Waals surface area contributed by atoms with Crippen LogP contribution < -0.4 is 15.6 Å². The minimum atomic E-state index is -0.251. The molecule has 2 heterocycles. The summed E-state index contributed by atoms with van der Waals surface area (Å²) in [6, 6.07) is 17.8. The first kappa shape index (κ1) is 21.9. The molecule has 32 heavy (non-hydrogen) atoms. The summed E-state index contributed by atoms with van der Waals surface area (Å²) in [5.41, 5.74) is 1.44. The number of halogens is 1. The van der Waals surface area contributed by atoms with E-state index < -0.39 is 0 Å². The Balaban J connectivity index is 1.63. The molecule has 0 aliphatic heterocycles. The van der Waals surface area contributed by atoms with Gasteiger partial charge in [-0.25, -0.2) is 9.97 Å². The number of carbonyl (C=O) groups is 1. The predicted molar refractivity (Wildman–Crippen MR) is 127 cm³/mol. The zero-order valence-corrected chi connectivity index (χ0v) is 18.7. The maximum atomic E-state index is 13.2. The van der Waals surface area contributed by atoms with Crippen molar-refractivity contribution in [2.45, 2.75) is 11.7 Å². The van der Waals surface area contributed by atoms with Crippen molar-refractivity contribution in [1.82, 2.24) is 14.5 Å². The second-order valence-electron chi connectivity index (χ2n) is 6.79. The lowest BCUT2D eigenvalue weighted by atomic mass is 10.2. The fourth-order valence-electron chi connectivity index (χ4n) is 3.15. The highest BCUT2D eigenvalue weighted by atomic mass is 35.5. The van der Waals surface area contributed by atoms with Crippen LogP contribution in [-0.2, 0) is 11.3 Å². The molecule has 0 aliphatic carbocycles. The first-order chi connectivity index (χ1) is 15.6. The number of pyridine rings is 1. The van der Waals surface area contributed by atoms with E-state index >= 15 is 0 Å². The third-order valence-electron chi connectivity index (χ3n) is 4.69. The van der Waals surface area contributed by atoms with E-state index in [4.69, 9.17) is 16.3 Å². The molecule has 1 N–H and O–H groups in total. The average Bonchev–Trinajstić information content (AvgIpc) is 2.81. The second-order valence-corrected chi connectivity index (χ2v) is 8.14. The van der Waals surface area contributed by atoms with Gasteiger partial charge in [0.25, 0.3) is 5.56 Å². The van der Waals surface area contributed by atoms with Crippen LogP contribution in [0, 0.1) is 0 Å². The van der Waals surface area contributed by atoms with Crippen LogP contribution in [0.25, 0.3) is 11.0 Å². The smallest absolute Gasteiger partial charge is 0.263 e. The van der Waals surface area contributed by atoms with Crippen molar-refractivity contribution in [3.05, 3.63) is 87.8 Å². The first-order valence-corrected chi connectivity index (χ1v) is 11.1. The molecule has 0 bridgehead atoms. The molecule has 2 aromatic heterocycles. The van der Waals surface area contributed by atoms with Crippen LogP contribution in [0.3, 0.4) is 0 Å². The van der Waals surface area contributed by atoms with Crippen molar-refractivity contribution in [1.29, 1.82) is 0 Å². The lowest BCUT2D eigenvalue weighted by molar-refractivity contribution is -0.113. The number of fused-ring (bicyclic) bond motifs is 1. The van der Waals surface area contributed by atoms with Crippen LogP contribution in [0.15, 0.2) is 76.8 Å². The number of aromatic nitrogens is 3. The molecule has 0 atom stereocenters. The number of nitrogens with zero attached hydrogens (tertiary/aromatic N) is 3. The van der Waals surface area contributed by atoms with Gasteiger partial charge in [-0.05, 0) is 35.9 Å². The summed E-state index contributed by atoms with van der Waals surface area (Å²) in [5, 5.41) is 4.17. The Labute approximate surface area is 193 Å². The largest absolute Gasteiger partial charge is 0.495 e. The molecule has 0 unspecified atom stereocenters. The van der Waals surface area contributed by atoms with Gasteiger partial charge in [-0.3, -0.25) is 14.2 Å². The Bertz CT molecular complexity index is 1340. The zero-order valence-electron chi connectivity index (χ0n) is 17.1. The predicted octanol–water partition coefficient (Wildman–Crippen LogP) is 4.23. The quantitative estimate of drug-likeness (QED) is 0.324. The number of hydrogen-bond acceptors (Lipinski definition) is 6. The van der Waals surface area contributed by atoms with Gasteiger partial charge < -0.3 is 10.1 Å². The number of anilines is 1. The number of hydrogen-bond donors (Lipinski definition) is 1. The van der Waals surface area contributed by atoms with Gasteiger partial charge in [-0.1, -0.05) is 53.7 Å². The Morgan fingerprint density at radius 2 is 1.91 bits per heavy atom. The summed E-state index contributed by atoms with van der Waals surface area (Å²) in [6.07, 6.45) is 1.58. The van der Waals surface area contributed by atoms with E-state index in [1.807, 2.05) is 30.3 Å². The molecule has 0 aliphatic rings. The summed E-state index contributed by atoms with van der Waals surface area (Å²) in [5.74, 6) is 0.361. The van der Waals surface area contributed by atoms with E-state index in [9.17, 15) is 9.59 Å². The van der Waals surface area contributed by atoms with E-state index in [2.05, 4.69) is 15.3 Å². The molecule has 4 aromatic rings. The lowest BCUT2D eigenvalue weighted by Crippen LogP contribution is -2.25. The zero-order chi connectivity index (χ0) is 22.5. The molecular weight excluding hydrogens is 448 g/mol. The SMILES string of the molecule is COc1ccccc1NC(=O)CSc1nc2ncccc2c(=O)n1Cc1ccccc1Cl. The maximum Gasteiger partial charge on any atom is 0.263 e. The topological polar surface area (TPSA) is 86.1 Å². The summed E-state index contributed by atoms with van der Waals surface area (Å²) in [6.45, 7) is 0.229. The Hall–Kier alpha value is -3.36. The van der Waals surface area contributed by atoms with Gasteiger partial charge in [0.15, 0.2) is 10.8 Å². The van der Waals surface area contributed by atoms with Crippen molar-refractivity contribution in [3.63, 3.8) is 0 Å². The summed E-state index contributed by atoms with van der Waals surface area (Å²) >= 11 is 7.47. The van der Waals surface area contributed by atoms with Crippen LogP contribution in [-0.4, -0.2) is 33.3 Å². The van der Waals surface area contributed by atoms with Crippen molar-refractivity contribution in [3.8, 4) is 5.75 Å². The second kappa shape index (κ2) is 9.84. The van der Waals surface area contributed by atoms with Crippen LogP contribution in [0.4, 0.5) is 5.69 Å². The highest BCUT2D eigenvalue weighted by Gasteiger charge is 2.16. The van der Waals surface area contributed by atoms with Gasteiger partial charge in [-0.15, -0.1) is 0 Å². The van der Waals surface area contributed by atoms with Crippen molar-refractivity contribution in [2.75, 3.05) is 18.2 Å².